The van der Waals surface area contributed by atoms with Crippen LogP contribution >= 0.6 is 0 Å². The minimum atomic E-state index is -4.60. The highest BCUT2D eigenvalue weighted by molar-refractivity contribution is 5.92. The standard InChI is InChI=1S/C13H17F3N4O/c14-13(15,16)10-6-9(19-8-20-10)11(21)18-7-12(17)4-2-1-3-5-12/h6,8H,1-5,7,17H2,(H,18,21). The van der Waals surface area contributed by atoms with Crippen LogP contribution < -0.4 is 11.1 Å². The topological polar surface area (TPSA) is 80.9 Å². The predicted molar refractivity (Wildman–Crippen MR) is 69.4 cm³/mol. The summed E-state index contributed by atoms with van der Waals surface area (Å²) in [6.45, 7) is 0.233. The molecule has 2 rings (SSSR count). The van der Waals surface area contributed by atoms with Crippen molar-refractivity contribution in [2.75, 3.05) is 6.54 Å². The number of nitrogens with zero attached hydrogens (tertiary/aromatic N) is 2. The summed E-state index contributed by atoms with van der Waals surface area (Å²) in [6.07, 6.45) is 0.840. The fraction of sp³-hybridized carbons (Fsp3) is 0.615. The molecule has 8 heteroatoms. The Labute approximate surface area is 120 Å². The zero-order valence-corrected chi connectivity index (χ0v) is 11.4. The summed E-state index contributed by atoms with van der Waals surface area (Å²) in [6, 6.07) is 0.638. The quantitative estimate of drug-likeness (QED) is 0.893. The van der Waals surface area contributed by atoms with Gasteiger partial charge in [0.25, 0.3) is 5.91 Å². The minimum Gasteiger partial charge on any atom is -0.349 e. The first-order valence-corrected chi connectivity index (χ1v) is 6.76. The van der Waals surface area contributed by atoms with E-state index >= 15 is 0 Å². The predicted octanol–water partition coefficient (Wildman–Crippen LogP) is 1.89. The molecule has 0 radical (unpaired) electrons. The van der Waals surface area contributed by atoms with Crippen molar-refractivity contribution in [2.24, 2.45) is 5.73 Å². The van der Waals surface area contributed by atoms with Gasteiger partial charge in [-0.1, -0.05) is 19.3 Å². The number of carbonyl (C=O) groups excluding carboxylic acids is 1. The van der Waals surface area contributed by atoms with E-state index in [0.717, 1.165) is 38.4 Å². The number of carbonyl (C=O) groups is 1. The number of alkyl halides is 3. The molecule has 5 nitrogen and oxygen atoms in total. The lowest BCUT2D eigenvalue weighted by Gasteiger charge is -2.33. The smallest absolute Gasteiger partial charge is 0.349 e. The van der Waals surface area contributed by atoms with Gasteiger partial charge in [-0.15, -0.1) is 0 Å². The Balaban J connectivity index is 2.00. The number of hydrogen-bond donors (Lipinski definition) is 2. The molecule has 0 unspecified atom stereocenters. The monoisotopic (exact) mass is 302 g/mol. The molecule has 0 spiro atoms. The zero-order chi connectivity index (χ0) is 15.5. The summed E-state index contributed by atoms with van der Waals surface area (Å²) in [5.74, 6) is -0.668. The molecule has 0 bridgehead atoms. The first-order chi connectivity index (χ1) is 9.80. The summed E-state index contributed by atoms with van der Waals surface area (Å²) in [4.78, 5) is 18.6. The Morgan fingerprint density at radius 1 is 1.29 bits per heavy atom. The maximum absolute atomic E-state index is 12.5. The van der Waals surface area contributed by atoms with Gasteiger partial charge in [0.1, 0.15) is 17.7 Å². The Morgan fingerprint density at radius 2 is 1.95 bits per heavy atom. The van der Waals surface area contributed by atoms with Crippen molar-refractivity contribution < 1.29 is 18.0 Å². The van der Waals surface area contributed by atoms with Gasteiger partial charge in [0, 0.05) is 18.2 Å². The second-order valence-electron chi connectivity index (χ2n) is 5.39. The average Bonchev–Trinajstić information content (AvgIpc) is 2.45. The summed E-state index contributed by atoms with van der Waals surface area (Å²) in [7, 11) is 0. The van der Waals surface area contributed by atoms with Gasteiger partial charge in [-0.2, -0.15) is 13.2 Å². The number of aromatic nitrogens is 2. The van der Waals surface area contributed by atoms with E-state index in [-0.39, 0.29) is 12.2 Å². The molecule has 1 aliphatic rings. The number of amides is 1. The lowest BCUT2D eigenvalue weighted by molar-refractivity contribution is -0.141. The Kier molecular flexibility index (Phi) is 4.46. The number of nitrogens with one attached hydrogen (secondary N) is 1. The van der Waals surface area contributed by atoms with Gasteiger partial charge in [0.05, 0.1) is 0 Å². The Hall–Kier alpha value is -1.70. The fourth-order valence-corrected chi connectivity index (χ4v) is 2.42. The number of rotatable bonds is 3. The summed E-state index contributed by atoms with van der Waals surface area (Å²) < 4.78 is 37.6. The molecule has 21 heavy (non-hydrogen) atoms. The molecule has 1 aromatic rings. The largest absolute Gasteiger partial charge is 0.433 e. The van der Waals surface area contributed by atoms with Crippen molar-refractivity contribution in [1.82, 2.24) is 15.3 Å². The van der Waals surface area contributed by atoms with Gasteiger partial charge in [-0.3, -0.25) is 4.79 Å². The highest BCUT2D eigenvalue weighted by Gasteiger charge is 2.33. The van der Waals surface area contributed by atoms with Crippen LogP contribution in [0, 0.1) is 0 Å². The van der Waals surface area contributed by atoms with Gasteiger partial charge in [-0.25, -0.2) is 9.97 Å². The highest BCUT2D eigenvalue weighted by atomic mass is 19.4. The average molecular weight is 302 g/mol. The highest BCUT2D eigenvalue weighted by Crippen LogP contribution is 2.27. The lowest BCUT2D eigenvalue weighted by atomic mass is 9.82. The van der Waals surface area contributed by atoms with Crippen molar-refractivity contribution in [3.05, 3.63) is 23.8 Å². The molecular formula is C13H17F3N4O. The molecule has 0 aromatic carbocycles. The third-order valence-electron chi connectivity index (χ3n) is 3.64. The molecule has 116 valence electrons. The van der Waals surface area contributed by atoms with Crippen LogP contribution in [-0.4, -0.2) is 28.0 Å². The number of nitrogens with two attached hydrogens (primary N) is 1. The van der Waals surface area contributed by atoms with Crippen LogP contribution in [0.25, 0.3) is 0 Å². The van der Waals surface area contributed by atoms with Crippen LogP contribution in [0.5, 0.6) is 0 Å². The molecular weight excluding hydrogens is 285 g/mol. The first kappa shape index (κ1) is 15.7. The molecule has 1 aliphatic carbocycles. The molecule has 1 fully saturated rings. The molecule has 1 heterocycles. The Bertz CT molecular complexity index is 512. The van der Waals surface area contributed by atoms with Crippen LogP contribution in [0.3, 0.4) is 0 Å². The SMILES string of the molecule is NC1(CNC(=O)c2cc(C(F)(F)F)ncn2)CCCCC1. The molecule has 0 saturated heterocycles. The normalized spacial score (nSPS) is 18.3. The van der Waals surface area contributed by atoms with E-state index in [1.165, 1.54) is 0 Å². The van der Waals surface area contributed by atoms with Crippen molar-refractivity contribution >= 4 is 5.91 Å². The van der Waals surface area contributed by atoms with Crippen LogP contribution in [0.15, 0.2) is 12.4 Å². The maximum Gasteiger partial charge on any atom is 0.433 e. The molecule has 1 saturated carbocycles. The number of hydrogen-bond acceptors (Lipinski definition) is 4. The maximum atomic E-state index is 12.5. The van der Waals surface area contributed by atoms with Crippen molar-refractivity contribution in [1.29, 1.82) is 0 Å². The molecule has 1 amide bonds. The van der Waals surface area contributed by atoms with Crippen LogP contribution in [0.4, 0.5) is 13.2 Å². The zero-order valence-electron chi connectivity index (χ0n) is 11.4. The molecule has 0 atom stereocenters. The van der Waals surface area contributed by atoms with Crippen LogP contribution in [-0.2, 0) is 6.18 Å². The minimum absolute atomic E-state index is 0.233. The van der Waals surface area contributed by atoms with Crippen molar-refractivity contribution in [2.45, 2.75) is 43.8 Å². The fourth-order valence-electron chi connectivity index (χ4n) is 2.42. The van der Waals surface area contributed by atoms with Gasteiger partial charge >= 0.3 is 6.18 Å². The molecule has 1 aromatic heterocycles. The second-order valence-corrected chi connectivity index (χ2v) is 5.39. The van der Waals surface area contributed by atoms with Crippen LogP contribution in [0.1, 0.15) is 48.3 Å². The summed E-state index contributed by atoms with van der Waals surface area (Å²) in [5, 5.41) is 2.57. The van der Waals surface area contributed by atoms with Gasteiger partial charge in [-0.05, 0) is 12.8 Å². The van der Waals surface area contributed by atoms with E-state index < -0.39 is 23.3 Å². The number of halogens is 3. The lowest BCUT2D eigenvalue weighted by Crippen LogP contribution is -2.51. The van der Waals surface area contributed by atoms with E-state index in [1.807, 2.05) is 0 Å². The van der Waals surface area contributed by atoms with Gasteiger partial charge in [0.15, 0.2) is 0 Å². The van der Waals surface area contributed by atoms with E-state index in [1.54, 1.807) is 0 Å². The third kappa shape index (κ3) is 4.13. The summed E-state index contributed by atoms with van der Waals surface area (Å²) >= 11 is 0. The van der Waals surface area contributed by atoms with Crippen molar-refractivity contribution in [3.63, 3.8) is 0 Å². The molecule has 3 N–H and O–H groups in total. The van der Waals surface area contributed by atoms with Crippen molar-refractivity contribution in [3.8, 4) is 0 Å². The Morgan fingerprint density at radius 3 is 2.57 bits per heavy atom. The third-order valence-corrected chi connectivity index (χ3v) is 3.64. The van der Waals surface area contributed by atoms with Crippen LogP contribution in [0.2, 0.25) is 0 Å². The second kappa shape index (κ2) is 5.97. The van der Waals surface area contributed by atoms with E-state index in [2.05, 4.69) is 15.3 Å². The summed E-state index contributed by atoms with van der Waals surface area (Å²) in [5.41, 5.74) is 4.23. The molecule has 0 aliphatic heterocycles. The van der Waals surface area contributed by atoms with E-state index in [4.69, 9.17) is 5.73 Å². The van der Waals surface area contributed by atoms with Gasteiger partial charge < -0.3 is 11.1 Å². The van der Waals surface area contributed by atoms with Gasteiger partial charge in [0.2, 0.25) is 0 Å². The first-order valence-electron chi connectivity index (χ1n) is 6.76. The van der Waals surface area contributed by atoms with E-state index in [9.17, 15) is 18.0 Å². The van der Waals surface area contributed by atoms with E-state index in [0.29, 0.717) is 6.07 Å².